The van der Waals surface area contributed by atoms with Gasteiger partial charge in [-0.05, 0) is 30.2 Å². The lowest BCUT2D eigenvalue weighted by Crippen LogP contribution is -2.53. The first kappa shape index (κ1) is 25.2. The van der Waals surface area contributed by atoms with Crippen LogP contribution in [0.2, 0.25) is 0 Å². The number of benzene rings is 2. The van der Waals surface area contributed by atoms with Gasteiger partial charge in [-0.2, -0.15) is 0 Å². The molecule has 1 amide bonds. The van der Waals surface area contributed by atoms with Crippen LogP contribution in [0, 0.1) is 5.82 Å². The van der Waals surface area contributed by atoms with Crippen LogP contribution in [0.1, 0.15) is 11.1 Å². The smallest absolute Gasteiger partial charge is 0.239 e. The predicted molar refractivity (Wildman–Crippen MR) is 117 cm³/mol. The molecule has 1 aliphatic heterocycles. The topological polar surface area (TPSA) is 58.8 Å². The highest BCUT2D eigenvalue weighted by Crippen LogP contribution is 2.21. The number of rotatable bonds is 6. The number of carbonyl (C=O) groups is 1. The SMILES string of the molecule is COc1ccc(F)cc1CN1CCN(C(=O)C(N)Cc2ccccc2)CC1.Cl.Cl. The number of nitrogens with zero attached hydrogens (tertiary/aromatic N) is 2. The highest BCUT2D eigenvalue weighted by Gasteiger charge is 2.25. The number of amides is 1. The van der Waals surface area contributed by atoms with E-state index in [2.05, 4.69) is 4.90 Å². The van der Waals surface area contributed by atoms with Crippen molar-refractivity contribution in [1.82, 2.24) is 9.80 Å². The van der Waals surface area contributed by atoms with Gasteiger partial charge in [-0.3, -0.25) is 9.69 Å². The summed E-state index contributed by atoms with van der Waals surface area (Å²) in [5.41, 5.74) is 8.01. The summed E-state index contributed by atoms with van der Waals surface area (Å²) >= 11 is 0. The quantitative estimate of drug-likeness (QED) is 0.745. The Balaban J connectivity index is 0.00000210. The monoisotopic (exact) mass is 443 g/mol. The van der Waals surface area contributed by atoms with Crippen LogP contribution in [0.25, 0.3) is 0 Å². The molecule has 8 heteroatoms. The fourth-order valence-corrected chi connectivity index (χ4v) is 3.43. The van der Waals surface area contributed by atoms with Crippen LogP contribution < -0.4 is 10.5 Å². The number of carbonyl (C=O) groups excluding carboxylic acids is 1. The van der Waals surface area contributed by atoms with Crippen LogP contribution in [0.4, 0.5) is 4.39 Å². The molecule has 160 valence electrons. The number of ether oxygens (including phenoxy) is 1. The van der Waals surface area contributed by atoms with E-state index >= 15 is 0 Å². The predicted octanol–water partition coefficient (Wildman–Crippen LogP) is 2.89. The highest BCUT2D eigenvalue weighted by molar-refractivity contribution is 5.85. The summed E-state index contributed by atoms with van der Waals surface area (Å²) in [5.74, 6) is 0.396. The standard InChI is InChI=1S/C21H26FN3O2.2ClH/c1-27-20-8-7-18(22)14-17(20)15-24-9-11-25(12-10-24)21(26)19(23)13-16-5-3-2-4-6-16;;/h2-8,14,19H,9-13,15,23H2,1H3;2*1H. The molecule has 1 fully saturated rings. The minimum absolute atomic E-state index is 0. The highest BCUT2D eigenvalue weighted by atomic mass is 35.5. The van der Waals surface area contributed by atoms with Crippen molar-refractivity contribution >= 4 is 30.7 Å². The van der Waals surface area contributed by atoms with Gasteiger partial charge in [-0.25, -0.2) is 4.39 Å². The summed E-state index contributed by atoms with van der Waals surface area (Å²) in [5, 5.41) is 0. The van der Waals surface area contributed by atoms with E-state index in [0.29, 0.717) is 31.8 Å². The Bertz CT molecular complexity index is 772. The Labute approximate surface area is 183 Å². The number of piperazine rings is 1. The minimum atomic E-state index is -0.526. The molecule has 0 aromatic heterocycles. The van der Waals surface area contributed by atoms with E-state index in [1.54, 1.807) is 13.2 Å². The normalized spacial score (nSPS) is 15.1. The van der Waals surface area contributed by atoms with Gasteiger partial charge in [-0.1, -0.05) is 30.3 Å². The van der Waals surface area contributed by atoms with Crippen LogP contribution in [0.15, 0.2) is 48.5 Å². The average Bonchev–Trinajstić information content (AvgIpc) is 2.69. The molecule has 29 heavy (non-hydrogen) atoms. The lowest BCUT2D eigenvalue weighted by Gasteiger charge is -2.36. The molecule has 0 radical (unpaired) electrons. The molecule has 1 saturated heterocycles. The van der Waals surface area contributed by atoms with Gasteiger partial charge in [0.25, 0.3) is 0 Å². The van der Waals surface area contributed by atoms with E-state index < -0.39 is 6.04 Å². The zero-order valence-electron chi connectivity index (χ0n) is 16.4. The third kappa shape index (κ3) is 6.85. The number of hydrogen-bond acceptors (Lipinski definition) is 4. The molecule has 0 aliphatic carbocycles. The van der Waals surface area contributed by atoms with Crippen molar-refractivity contribution < 1.29 is 13.9 Å². The second-order valence-corrected chi connectivity index (χ2v) is 6.85. The maximum atomic E-state index is 13.5. The number of halogens is 3. The second kappa shape index (κ2) is 12.0. The van der Waals surface area contributed by atoms with Gasteiger partial charge < -0.3 is 15.4 Å². The average molecular weight is 444 g/mol. The van der Waals surface area contributed by atoms with Gasteiger partial charge in [-0.15, -0.1) is 24.8 Å². The van der Waals surface area contributed by atoms with Crippen LogP contribution in [0.5, 0.6) is 5.75 Å². The number of methoxy groups -OCH3 is 1. The third-order valence-electron chi connectivity index (χ3n) is 4.94. The molecular formula is C21H28Cl2FN3O2. The molecule has 2 N–H and O–H groups in total. The van der Waals surface area contributed by atoms with Crippen molar-refractivity contribution in [3.05, 3.63) is 65.5 Å². The second-order valence-electron chi connectivity index (χ2n) is 6.85. The first-order chi connectivity index (χ1) is 13.1. The van der Waals surface area contributed by atoms with Gasteiger partial charge >= 0.3 is 0 Å². The van der Waals surface area contributed by atoms with Crippen molar-refractivity contribution in [2.45, 2.75) is 19.0 Å². The van der Waals surface area contributed by atoms with Crippen molar-refractivity contribution in [3.8, 4) is 5.75 Å². The van der Waals surface area contributed by atoms with Crippen molar-refractivity contribution in [3.63, 3.8) is 0 Å². The molecule has 1 atom stereocenters. The molecule has 5 nitrogen and oxygen atoms in total. The molecule has 2 aromatic carbocycles. The molecule has 1 aliphatic rings. The largest absolute Gasteiger partial charge is 0.496 e. The molecule has 3 rings (SSSR count). The summed E-state index contributed by atoms with van der Waals surface area (Å²) in [6, 6.07) is 13.8. The lowest BCUT2D eigenvalue weighted by atomic mass is 10.1. The van der Waals surface area contributed by atoms with Gasteiger partial charge in [0, 0.05) is 38.3 Å². The fourth-order valence-electron chi connectivity index (χ4n) is 3.43. The van der Waals surface area contributed by atoms with E-state index in [4.69, 9.17) is 10.5 Å². The summed E-state index contributed by atoms with van der Waals surface area (Å²) in [6.45, 7) is 3.30. The Kier molecular flexibility index (Phi) is 10.4. The lowest BCUT2D eigenvalue weighted by molar-refractivity contribution is -0.134. The molecule has 2 aromatic rings. The van der Waals surface area contributed by atoms with Crippen LogP contribution in [-0.4, -0.2) is 55.0 Å². The van der Waals surface area contributed by atoms with E-state index in [1.807, 2.05) is 35.2 Å². The maximum Gasteiger partial charge on any atom is 0.239 e. The Morgan fingerprint density at radius 2 is 1.76 bits per heavy atom. The zero-order valence-corrected chi connectivity index (χ0v) is 18.1. The summed E-state index contributed by atoms with van der Waals surface area (Å²) in [6.07, 6.45) is 0.542. The van der Waals surface area contributed by atoms with Crippen molar-refractivity contribution in [2.75, 3.05) is 33.3 Å². The summed E-state index contributed by atoms with van der Waals surface area (Å²) in [4.78, 5) is 16.6. The molecule has 0 spiro atoms. The Hall–Kier alpha value is -1.86. The minimum Gasteiger partial charge on any atom is -0.496 e. The molecular weight excluding hydrogens is 416 g/mol. The summed E-state index contributed by atoms with van der Waals surface area (Å²) in [7, 11) is 1.58. The van der Waals surface area contributed by atoms with Crippen LogP contribution >= 0.6 is 24.8 Å². The molecule has 1 heterocycles. The molecule has 0 saturated carbocycles. The maximum absolute atomic E-state index is 13.5. The van der Waals surface area contributed by atoms with Gasteiger partial charge in [0.05, 0.1) is 13.2 Å². The summed E-state index contributed by atoms with van der Waals surface area (Å²) < 4.78 is 18.8. The van der Waals surface area contributed by atoms with E-state index in [-0.39, 0.29) is 36.5 Å². The van der Waals surface area contributed by atoms with Crippen LogP contribution in [-0.2, 0) is 17.8 Å². The Morgan fingerprint density at radius 3 is 2.38 bits per heavy atom. The zero-order chi connectivity index (χ0) is 19.2. The first-order valence-electron chi connectivity index (χ1n) is 9.20. The van der Waals surface area contributed by atoms with Crippen LogP contribution in [0.3, 0.4) is 0 Å². The van der Waals surface area contributed by atoms with Gasteiger partial charge in [0.2, 0.25) is 5.91 Å². The van der Waals surface area contributed by atoms with Crippen molar-refractivity contribution in [2.24, 2.45) is 5.73 Å². The number of hydrogen-bond donors (Lipinski definition) is 1. The molecule has 1 unspecified atom stereocenters. The van der Waals surface area contributed by atoms with E-state index in [1.165, 1.54) is 12.1 Å². The fraction of sp³-hybridized carbons (Fsp3) is 0.381. The number of nitrogens with two attached hydrogens (primary N) is 1. The Morgan fingerprint density at radius 1 is 1.10 bits per heavy atom. The van der Waals surface area contributed by atoms with Gasteiger partial charge in [0.1, 0.15) is 11.6 Å². The molecule has 0 bridgehead atoms. The van der Waals surface area contributed by atoms with Gasteiger partial charge in [0.15, 0.2) is 0 Å². The van der Waals surface area contributed by atoms with E-state index in [9.17, 15) is 9.18 Å². The third-order valence-corrected chi connectivity index (χ3v) is 4.94. The first-order valence-corrected chi connectivity index (χ1v) is 9.20. The van der Waals surface area contributed by atoms with Crippen molar-refractivity contribution in [1.29, 1.82) is 0 Å². The van der Waals surface area contributed by atoms with E-state index in [0.717, 1.165) is 24.2 Å².